The van der Waals surface area contributed by atoms with Crippen LogP contribution in [0, 0.1) is 6.92 Å². The molecule has 1 unspecified atom stereocenters. The van der Waals surface area contributed by atoms with Crippen molar-refractivity contribution in [2.75, 3.05) is 13.1 Å². The molecule has 2 aromatic carbocycles. The van der Waals surface area contributed by atoms with E-state index in [-0.39, 0.29) is 24.7 Å². The van der Waals surface area contributed by atoms with Crippen LogP contribution >= 0.6 is 11.6 Å². The summed E-state index contributed by atoms with van der Waals surface area (Å²) in [5.74, 6) is -0.506. The second kappa shape index (κ2) is 7.15. The molecule has 1 aliphatic rings. The van der Waals surface area contributed by atoms with Gasteiger partial charge in [0.1, 0.15) is 6.04 Å². The van der Waals surface area contributed by atoms with Crippen molar-refractivity contribution in [3.8, 4) is 0 Å². The minimum atomic E-state index is -3.68. The first-order valence-corrected chi connectivity index (χ1v) is 9.94. The summed E-state index contributed by atoms with van der Waals surface area (Å²) in [4.78, 5) is 12.4. The Balaban J connectivity index is 1.95. The zero-order chi connectivity index (χ0) is 18.0. The van der Waals surface area contributed by atoms with Gasteiger partial charge in [-0.1, -0.05) is 59.6 Å². The first-order chi connectivity index (χ1) is 11.9. The topological polar surface area (TPSA) is 66.5 Å². The minimum absolute atomic E-state index is 0.151. The van der Waals surface area contributed by atoms with Gasteiger partial charge in [-0.2, -0.15) is 4.31 Å². The number of rotatable bonds is 4. The van der Waals surface area contributed by atoms with Crippen molar-refractivity contribution in [3.05, 3.63) is 70.2 Å². The van der Waals surface area contributed by atoms with E-state index in [2.05, 4.69) is 5.32 Å². The van der Waals surface area contributed by atoms with Crippen molar-refractivity contribution in [2.45, 2.75) is 18.7 Å². The van der Waals surface area contributed by atoms with E-state index >= 15 is 0 Å². The Kier molecular flexibility index (Phi) is 5.13. The molecule has 1 heterocycles. The fourth-order valence-electron chi connectivity index (χ4n) is 2.92. The summed E-state index contributed by atoms with van der Waals surface area (Å²) in [6.45, 7) is 2.45. The van der Waals surface area contributed by atoms with E-state index in [1.807, 2.05) is 19.1 Å². The molecule has 0 aliphatic carbocycles. The Hall–Kier alpha value is -1.89. The molecule has 0 bridgehead atoms. The second-order valence-electron chi connectivity index (χ2n) is 6.07. The summed E-state index contributed by atoms with van der Waals surface area (Å²) < 4.78 is 27.2. The maximum absolute atomic E-state index is 13.0. The van der Waals surface area contributed by atoms with Gasteiger partial charge >= 0.3 is 0 Å². The van der Waals surface area contributed by atoms with E-state index < -0.39 is 16.1 Å². The lowest BCUT2D eigenvalue weighted by Gasteiger charge is -2.34. The standard InChI is InChI=1S/C18H19ClN2O3S/c1-13-6-8-14(9-7-13)12-25(23,24)21-11-10-20-18(22)17(21)15-4-2-3-5-16(15)19/h2-9,17H,10-12H2,1H3,(H,20,22). The molecule has 5 nitrogen and oxygen atoms in total. The predicted molar refractivity (Wildman–Crippen MR) is 97.7 cm³/mol. The number of nitrogens with one attached hydrogen (secondary N) is 1. The number of sulfonamides is 1. The number of nitrogens with zero attached hydrogens (tertiary/aromatic N) is 1. The fourth-order valence-corrected chi connectivity index (χ4v) is 4.84. The van der Waals surface area contributed by atoms with E-state index in [4.69, 9.17) is 11.6 Å². The molecule has 1 atom stereocenters. The molecule has 1 aliphatic heterocycles. The molecule has 1 N–H and O–H groups in total. The monoisotopic (exact) mass is 378 g/mol. The smallest absolute Gasteiger partial charge is 0.243 e. The van der Waals surface area contributed by atoms with Crippen LogP contribution in [0.2, 0.25) is 5.02 Å². The van der Waals surface area contributed by atoms with Crippen LogP contribution in [0.4, 0.5) is 0 Å². The van der Waals surface area contributed by atoms with Crippen LogP contribution in [0.25, 0.3) is 0 Å². The number of hydrogen-bond acceptors (Lipinski definition) is 3. The molecule has 0 spiro atoms. The van der Waals surface area contributed by atoms with E-state index in [0.717, 1.165) is 5.56 Å². The first kappa shape index (κ1) is 17.9. The van der Waals surface area contributed by atoms with Gasteiger partial charge in [0.15, 0.2) is 0 Å². The highest BCUT2D eigenvalue weighted by Gasteiger charge is 2.39. The van der Waals surface area contributed by atoms with E-state index in [0.29, 0.717) is 16.1 Å². The van der Waals surface area contributed by atoms with Gasteiger partial charge in [0.05, 0.1) is 5.75 Å². The number of hydrogen-bond donors (Lipinski definition) is 1. The van der Waals surface area contributed by atoms with Gasteiger partial charge in [0.25, 0.3) is 0 Å². The third kappa shape index (κ3) is 3.86. The van der Waals surface area contributed by atoms with E-state index in [9.17, 15) is 13.2 Å². The van der Waals surface area contributed by atoms with Crippen molar-refractivity contribution >= 4 is 27.5 Å². The minimum Gasteiger partial charge on any atom is -0.353 e. The summed E-state index contributed by atoms with van der Waals surface area (Å²) in [5, 5.41) is 3.10. The average molecular weight is 379 g/mol. The lowest BCUT2D eigenvalue weighted by molar-refractivity contribution is -0.126. The molecule has 1 saturated heterocycles. The van der Waals surface area contributed by atoms with Crippen molar-refractivity contribution in [2.24, 2.45) is 0 Å². The van der Waals surface area contributed by atoms with Gasteiger partial charge in [-0.15, -0.1) is 0 Å². The van der Waals surface area contributed by atoms with Gasteiger partial charge in [-0.3, -0.25) is 4.79 Å². The van der Waals surface area contributed by atoms with Crippen LogP contribution in [0.5, 0.6) is 0 Å². The lowest BCUT2D eigenvalue weighted by Crippen LogP contribution is -2.52. The molecular weight excluding hydrogens is 360 g/mol. The number of carbonyl (C=O) groups is 1. The van der Waals surface area contributed by atoms with Gasteiger partial charge in [0.2, 0.25) is 15.9 Å². The fraction of sp³-hybridized carbons (Fsp3) is 0.278. The Morgan fingerprint density at radius 1 is 1.16 bits per heavy atom. The third-order valence-corrected chi connectivity index (χ3v) is 6.34. The van der Waals surface area contributed by atoms with Crippen molar-refractivity contribution in [1.29, 1.82) is 0 Å². The molecule has 132 valence electrons. The Bertz CT molecular complexity index is 881. The van der Waals surface area contributed by atoms with Crippen LogP contribution in [0.1, 0.15) is 22.7 Å². The predicted octanol–water partition coefficient (Wildman–Crippen LogP) is 2.65. The molecule has 0 saturated carbocycles. The zero-order valence-corrected chi connectivity index (χ0v) is 15.3. The normalized spacial score (nSPS) is 18.8. The lowest BCUT2D eigenvalue weighted by atomic mass is 10.0. The van der Waals surface area contributed by atoms with Crippen LogP contribution in [0.15, 0.2) is 48.5 Å². The third-order valence-electron chi connectivity index (χ3n) is 4.19. The summed E-state index contributed by atoms with van der Waals surface area (Å²) >= 11 is 6.21. The largest absolute Gasteiger partial charge is 0.353 e. The zero-order valence-electron chi connectivity index (χ0n) is 13.8. The summed E-state index contributed by atoms with van der Waals surface area (Å²) in [6, 6.07) is 13.2. The van der Waals surface area contributed by atoms with Gasteiger partial charge < -0.3 is 5.32 Å². The highest BCUT2D eigenvalue weighted by Crippen LogP contribution is 2.32. The van der Waals surface area contributed by atoms with Crippen LogP contribution < -0.4 is 5.32 Å². The second-order valence-corrected chi connectivity index (χ2v) is 8.40. The SMILES string of the molecule is Cc1ccc(CS(=O)(=O)N2CCNC(=O)C2c2ccccc2Cl)cc1. The number of amides is 1. The van der Waals surface area contributed by atoms with E-state index in [1.54, 1.807) is 36.4 Å². The van der Waals surface area contributed by atoms with Gasteiger partial charge in [0, 0.05) is 18.1 Å². The first-order valence-electron chi connectivity index (χ1n) is 7.96. The molecule has 7 heteroatoms. The highest BCUT2D eigenvalue weighted by atomic mass is 35.5. The molecule has 1 fully saturated rings. The molecular formula is C18H19ClN2O3S. The van der Waals surface area contributed by atoms with E-state index in [1.165, 1.54) is 4.31 Å². The number of halogens is 1. The Labute approximate surface area is 152 Å². The van der Waals surface area contributed by atoms with Crippen LogP contribution in [-0.4, -0.2) is 31.7 Å². The number of benzene rings is 2. The molecule has 0 radical (unpaired) electrons. The number of aryl methyl sites for hydroxylation is 1. The van der Waals surface area contributed by atoms with Crippen molar-refractivity contribution in [3.63, 3.8) is 0 Å². The Morgan fingerprint density at radius 2 is 1.84 bits per heavy atom. The van der Waals surface area contributed by atoms with Gasteiger partial charge in [-0.05, 0) is 24.1 Å². The average Bonchev–Trinajstić information content (AvgIpc) is 2.57. The number of piperazine rings is 1. The number of carbonyl (C=O) groups excluding carboxylic acids is 1. The Morgan fingerprint density at radius 3 is 2.52 bits per heavy atom. The molecule has 0 aromatic heterocycles. The highest BCUT2D eigenvalue weighted by molar-refractivity contribution is 7.88. The molecule has 1 amide bonds. The van der Waals surface area contributed by atoms with Crippen LogP contribution in [0.3, 0.4) is 0 Å². The maximum Gasteiger partial charge on any atom is 0.243 e. The van der Waals surface area contributed by atoms with Crippen molar-refractivity contribution in [1.82, 2.24) is 9.62 Å². The molecule has 3 rings (SSSR count). The quantitative estimate of drug-likeness (QED) is 0.889. The molecule has 25 heavy (non-hydrogen) atoms. The molecule has 2 aromatic rings. The van der Waals surface area contributed by atoms with Crippen LogP contribution in [-0.2, 0) is 20.6 Å². The maximum atomic E-state index is 13.0. The summed E-state index contributed by atoms with van der Waals surface area (Å²) in [6.07, 6.45) is 0. The summed E-state index contributed by atoms with van der Waals surface area (Å²) in [5.41, 5.74) is 2.25. The van der Waals surface area contributed by atoms with Gasteiger partial charge in [-0.25, -0.2) is 8.42 Å². The summed E-state index contributed by atoms with van der Waals surface area (Å²) in [7, 11) is -3.68. The van der Waals surface area contributed by atoms with Crippen molar-refractivity contribution < 1.29 is 13.2 Å².